The minimum absolute atomic E-state index is 0.0795. The molecule has 1 amide bonds. The summed E-state index contributed by atoms with van der Waals surface area (Å²) in [5.74, 6) is 0.858. The second kappa shape index (κ2) is 12.6. The van der Waals surface area contributed by atoms with Crippen molar-refractivity contribution >= 4 is 23.4 Å². The van der Waals surface area contributed by atoms with Gasteiger partial charge in [-0.2, -0.15) is 0 Å². The second-order valence-corrected chi connectivity index (χ2v) is 9.26. The van der Waals surface area contributed by atoms with Crippen molar-refractivity contribution in [3.63, 3.8) is 0 Å². The van der Waals surface area contributed by atoms with Gasteiger partial charge in [-0.3, -0.25) is 4.79 Å². The quantitative estimate of drug-likeness (QED) is 0.252. The van der Waals surface area contributed by atoms with Gasteiger partial charge in [0.25, 0.3) is 5.91 Å². The highest BCUT2D eigenvalue weighted by atomic mass is 35.5. The summed E-state index contributed by atoms with van der Waals surface area (Å²) in [5, 5.41) is 12.7. The van der Waals surface area contributed by atoms with E-state index in [1.165, 1.54) is 0 Å². The molecule has 1 aliphatic rings. The molecule has 3 aromatic rings. The minimum atomic E-state index is -1.21. The van der Waals surface area contributed by atoms with E-state index in [1.54, 1.807) is 6.08 Å². The van der Waals surface area contributed by atoms with Crippen molar-refractivity contribution in [2.24, 2.45) is 4.99 Å². The smallest absolute Gasteiger partial charge is 0.252 e. The maximum Gasteiger partial charge on any atom is 0.252 e. The van der Waals surface area contributed by atoms with Gasteiger partial charge in [0.2, 0.25) is 5.90 Å². The van der Waals surface area contributed by atoms with Crippen LogP contribution in [0.5, 0.6) is 5.75 Å². The minimum Gasteiger partial charge on any atom is -0.494 e. The third-order valence-electron chi connectivity index (χ3n) is 6.18. The summed E-state index contributed by atoms with van der Waals surface area (Å²) in [6.07, 6.45) is 2.60. The highest BCUT2D eigenvalue weighted by molar-refractivity contribution is 6.30. The first-order valence-corrected chi connectivity index (χ1v) is 12.7. The molecule has 2 N–H and O–H groups in total. The second-order valence-electron chi connectivity index (χ2n) is 8.83. The molecule has 1 heterocycles. The molecule has 0 saturated heterocycles. The molecule has 0 aliphatic carbocycles. The van der Waals surface area contributed by atoms with E-state index in [4.69, 9.17) is 31.2 Å². The van der Waals surface area contributed by atoms with Gasteiger partial charge >= 0.3 is 0 Å². The van der Waals surface area contributed by atoms with Gasteiger partial charge in [0.05, 0.1) is 6.61 Å². The molecule has 37 heavy (non-hydrogen) atoms. The number of halogens is 1. The van der Waals surface area contributed by atoms with Crippen LogP contribution in [0, 0.1) is 0 Å². The summed E-state index contributed by atoms with van der Waals surface area (Å²) < 4.78 is 12.0. The predicted octanol–water partition coefficient (Wildman–Crippen LogP) is 5.29. The van der Waals surface area contributed by atoms with Crippen molar-refractivity contribution in [2.75, 3.05) is 19.8 Å². The highest BCUT2D eigenvalue weighted by Gasteiger charge is 2.52. The Hall–Kier alpha value is -3.61. The van der Waals surface area contributed by atoms with E-state index in [9.17, 15) is 4.79 Å². The zero-order valence-corrected chi connectivity index (χ0v) is 21.4. The van der Waals surface area contributed by atoms with Crippen LogP contribution in [-0.2, 0) is 16.0 Å². The molecule has 0 spiro atoms. The van der Waals surface area contributed by atoms with Crippen molar-refractivity contribution < 1.29 is 19.4 Å². The van der Waals surface area contributed by atoms with Gasteiger partial charge in [0, 0.05) is 36.6 Å². The number of nitrogens with one attached hydrogen (secondary N) is 1. The first-order chi connectivity index (χ1) is 18.1. The Morgan fingerprint density at radius 3 is 2.62 bits per heavy atom. The summed E-state index contributed by atoms with van der Waals surface area (Å²) in [5.41, 5.74) is 1.44. The van der Waals surface area contributed by atoms with E-state index in [1.807, 2.05) is 78.9 Å². The third kappa shape index (κ3) is 6.40. The van der Waals surface area contributed by atoms with Crippen molar-refractivity contribution in [1.29, 1.82) is 0 Å². The fourth-order valence-electron chi connectivity index (χ4n) is 4.33. The Balaban J connectivity index is 1.59. The van der Waals surface area contributed by atoms with Crippen molar-refractivity contribution in [2.45, 2.75) is 30.9 Å². The molecule has 1 aliphatic heterocycles. The van der Waals surface area contributed by atoms with Crippen LogP contribution in [-0.4, -0.2) is 42.2 Å². The molecular weight excluding hydrogens is 488 g/mol. The third-order valence-corrected chi connectivity index (χ3v) is 6.41. The summed E-state index contributed by atoms with van der Waals surface area (Å²) in [7, 11) is 0. The molecule has 4 rings (SSSR count). The molecule has 0 saturated carbocycles. The van der Waals surface area contributed by atoms with Crippen LogP contribution in [0.3, 0.4) is 0 Å². The monoisotopic (exact) mass is 518 g/mol. The fourth-order valence-corrected chi connectivity index (χ4v) is 4.54. The van der Waals surface area contributed by atoms with Gasteiger partial charge in [-0.25, -0.2) is 4.99 Å². The number of aliphatic hydroxyl groups excluding tert-OH is 1. The molecule has 0 fully saturated rings. The number of hydrogen-bond acceptors (Lipinski definition) is 5. The van der Waals surface area contributed by atoms with Crippen LogP contribution in [0.25, 0.3) is 0 Å². The predicted molar refractivity (Wildman–Crippen MR) is 146 cm³/mol. The summed E-state index contributed by atoms with van der Waals surface area (Å²) in [6, 6.07) is 24.6. The highest BCUT2D eigenvalue weighted by Crippen LogP contribution is 2.42. The maximum atomic E-state index is 13.8. The molecule has 0 radical (unpaired) electrons. The standard InChI is InChI=1S/C30H31ClN2O4/c1-2-17-30(29(35)32-18-16-22-8-6-11-25(31)21-22)27(23-9-4-3-5-10-23)37-28(33-30)24-12-14-26(15-13-24)36-20-7-19-34/h2-6,8-15,21,27,34H,1,7,16-20H2,(H,32,35)/t27-,30-/m1/s1. The van der Waals surface area contributed by atoms with E-state index < -0.39 is 11.6 Å². The van der Waals surface area contributed by atoms with Gasteiger partial charge < -0.3 is 19.9 Å². The van der Waals surface area contributed by atoms with Crippen molar-refractivity contribution in [3.05, 3.63) is 113 Å². The molecule has 192 valence electrons. The van der Waals surface area contributed by atoms with Gasteiger partial charge in [0.1, 0.15) is 5.75 Å². The molecule has 6 nitrogen and oxygen atoms in total. The Bertz CT molecular complexity index is 1230. The number of benzene rings is 3. The zero-order chi connectivity index (χ0) is 26.1. The van der Waals surface area contributed by atoms with E-state index >= 15 is 0 Å². The maximum absolute atomic E-state index is 13.8. The average molecular weight is 519 g/mol. The lowest BCUT2D eigenvalue weighted by Gasteiger charge is -2.29. The van der Waals surface area contributed by atoms with Crippen LogP contribution in [0.15, 0.2) is 96.5 Å². The van der Waals surface area contributed by atoms with Crippen molar-refractivity contribution in [3.8, 4) is 5.75 Å². The average Bonchev–Trinajstić information content (AvgIpc) is 3.30. The van der Waals surface area contributed by atoms with Crippen molar-refractivity contribution in [1.82, 2.24) is 5.32 Å². The molecule has 7 heteroatoms. The number of carbonyl (C=O) groups excluding carboxylic acids is 1. The number of hydrogen-bond donors (Lipinski definition) is 2. The lowest BCUT2D eigenvalue weighted by Crippen LogP contribution is -2.48. The van der Waals surface area contributed by atoms with Crippen LogP contribution in [0.2, 0.25) is 5.02 Å². The summed E-state index contributed by atoms with van der Waals surface area (Å²) in [6.45, 7) is 4.85. The number of rotatable bonds is 12. The molecule has 2 atom stereocenters. The van der Waals surface area contributed by atoms with Gasteiger partial charge in [-0.15, -0.1) is 6.58 Å². The summed E-state index contributed by atoms with van der Waals surface area (Å²) in [4.78, 5) is 18.7. The molecule has 0 aromatic heterocycles. The Morgan fingerprint density at radius 2 is 1.92 bits per heavy atom. The zero-order valence-electron chi connectivity index (χ0n) is 20.6. The first-order valence-electron chi connectivity index (χ1n) is 12.3. The van der Waals surface area contributed by atoms with Gasteiger partial charge in [0.15, 0.2) is 11.6 Å². The van der Waals surface area contributed by atoms with E-state index in [2.05, 4.69) is 11.9 Å². The Labute approximate surface area is 222 Å². The lowest BCUT2D eigenvalue weighted by atomic mass is 9.84. The molecule has 0 bridgehead atoms. The number of amides is 1. The van der Waals surface area contributed by atoms with Crippen LogP contribution >= 0.6 is 11.6 Å². The number of aliphatic hydroxyl groups is 1. The normalized spacial score (nSPS) is 18.5. The van der Waals surface area contributed by atoms with Crippen LogP contribution in [0.4, 0.5) is 0 Å². The number of aliphatic imine (C=N–C) groups is 1. The number of ether oxygens (including phenoxy) is 2. The first kappa shape index (κ1) is 26.5. The lowest BCUT2D eigenvalue weighted by molar-refractivity contribution is -0.128. The SMILES string of the molecule is C=CC[C@@]1(C(=O)NCCc2cccc(Cl)c2)N=C(c2ccc(OCCCO)cc2)O[C@@H]1c1ccccc1. The summed E-state index contributed by atoms with van der Waals surface area (Å²) >= 11 is 6.11. The van der Waals surface area contributed by atoms with E-state index in [-0.39, 0.29) is 12.5 Å². The number of nitrogens with zero attached hydrogens (tertiary/aromatic N) is 1. The largest absolute Gasteiger partial charge is 0.494 e. The molecular formula is C30H31ClN2O4. The van der Waals surface area contributed by atoms with Gasteiger partial charge in [-0.1, -0.05) is 60.1 Å². The Morgan fingerprint density at radius 1 is 1.14 bits per heavy atom. The topological polar surface area (TPSA) is 80.2 Å². The van der Waals surface area contributed by atoms with Gasteiger partial charge in [-0.05, 0) is 53.9 Å². The number of carbonyl (C=O) groups is 1. The van der Waals surface area contributed by atoms with Crippen LogP contribution in [0.1, 0.15) is 35.6 Å². The Kier molecular flexibility index (Phi) is 8.99. The molecule has 3 aromatic carbocycles. The van der Waals surface area contributed by atoms with Crippen LogP contribution < -0.4 is 10.1 Å². The fraction of sp³-hybridized carbons (Fsp3) is 0.267. The molecule has 0 unspecified atom stereocenters. The van der Waals surface area contributed by atoms with E-state index in [0.717, 1.165) is 16.7 Å². The van der Waals surface area contributed by atoms with E-state index in [0.29, 0.717) is 49.1 Å².